The summed E-state index contributed by atoms with van der Waals surface area (Å²) in [5.41, 5.74) is 1.84. The molecule has 0 spiro atoms. The molecule has 1 aromatic carbocycles. The summed E-state index contributed by atoms with van der Waals surface area (Å²) in [7, 11) is 0. The highest BCUT2D eigenvalue weighted by Gasteiger charge is 2.59. The second kappa shape index (κ2) is 9.52. The fraction of sp³-hybridized carbons (Fsp3) is 0.733. The van der Waals surface area contributed by atoms with Gasteiger partial charge in [0, 0.05) is 18.2 Å². The number of anilines is 1. The topological polar surface area (TPSA) is 82.3 Å². The first kappa shape index (κ1) is 24.8. The molecule has 0 bridgehead atoms. The van der Waals surface area contributed by atoms with Crippen molar-refractivity contribution in [3.8, 4) is 6.07 Å². The van der Waals surface area contributed by atoms with E-state index in [9.17, 15) is 9.90 Å². The fourth-order valence-electron chi connectivity index (χ4n) is 8.91. The van der Waals surface area contributed by atoms with E-state index in [4.69, 9.17) is 10.00 Å². The number of fused-ring (bicyclic) bond motifs is 5. The van der Waals surface area contributed by atoms with E-state index < -0.39 is 5.60 Å². The SMILES string of the molecule is CCOC[C@@]1(O)CC[C@H]2[C@H](CC[C@@H]3[C@@H]2CC[C@]2(C)[C@@H](C(=O)Nc4ccc(C#N)cc4C)CC[C@@H]32)C1. The van der Waals surface area contributed by atoms with Crippen LogP contribution in [0.5, 0.6) is 0 Å². The second-order valence-electron chi connectivity index (χ2n) is 12.3. The number of carbonyl (C=O) groups excluding carboxylic acids is 1. The van der Waals surface area contributed by atoms with Crippen molar-refractivity contribution in [1.82, 2.24) is 0 Å². The smallest absolute Gasteiger partial charge is 0.228 e. The van der Waals surface area contributed by atoms with Crippen LogP contribution in [0.25, 0.3) is 0 Å². The summed E-state index contributed by atoms with van der Waals surface area (Å²) in [6.45, 7) is 7.50. The van der Waals surface area contributed by atoms with Crippen molar-refractivity contribution < 1.29 is 14.6 Å². The molecule has 35 heavy (non-hydrogen) atoms. The minimum Gasteiger partial charge on any atom is -0.387 e. The first-order valence-electron chi connectivity index (χ1n) is 13.9. The fourth-order valence-corrected chi connectivity index (χ4v) is 8.91. The first-order valence-corrected chi connectivity index (χ1v) is 13.9. The highest BCUT2D eigenvalue weighted by Crippen LogP contribution is 2.64. The lowest BCUT2D eigenvalue weighted by Gasteiger charge is -2.57. The van der Waals surface area contributed by atoms with Gasteiger partial charge in [-0.25, -0.2) is 0 Å². The van der Waals surface area contributed by atoms with Crippen LogP contribution in [0.4, 0.5) is 5.69 Å². The normalized spacial score (nSPS) is 40.2. The third-order valence-corrected chi connectivity index (χ3v) is 10.6. The molecule has 0 radical (unpaired) electrons. The van der Waals surface area contributed by atoms with Crippen LogP contribution < -0.4 is 5.32 Å². The van der Waals surface area contributed by atoms with Crippen LogP contribution in [0, 0.1) is 59.2 Å². The summed E-state index contributed by atoms with van der Waals surface area (Å²) < 4.78 is 5.63. The van der Waals surface area contributed by atoms with Gasteiger partial charge < -0.3 is 15.2 Å². The Morgan fingerprint density at radius 1 is 1.14 bits per heavy atom. The minimum atomic E-state index is -0.632. The molecule has 5 rings (SSSR count). The summed E-state index contributed by atoms with van der Waals surface area (Å²) in [4.78, 5) is 13.5. The van der Waals surface area contributed by atoms with Gasteiger partial charge in [0.05, 0.1) is 23.8 Å². The van der Waals surface area contributed by atoms with Gasteiger partial charge in [0.15, 0.2) is 0 Å². The highest BCUT2D eigenvalue weighted by atomic mass is 16.5. The number of hydrogen-bond acceptors (Lipinski definition) is 4. The lowest BCUT2D eigenvalue weighted by Crippen LogP contribution is -2.52. The van der Waals surface area contributed by atoms with E-state index in [1.165, 1.54) is 19.3 Å². The molecule has 0 saturated heterocycles. The van der Waals surface area contributed by atoms with Crippen LogP contribution in [0.15, 0.2) is 18.2 Å². The van der Waals surface area contributed by atoms with E-state index in [0.29, 0.717) is 30.6 Å². The number of amides is 1. The largest absolute Gasteiger partial charge is 0.387 e. The summed E-state index contributed by atoms with van der Waals surface area (Å²) in [6.07, 6.45) is 9.86. The molecule has 0 unspecified atom stereocenters. The third kappa shape index (κ3) is 4.42. The number of benzene rings is 1. The predicted octanol–water partition coefficient (Wildman–Crippen LogP) is 5.84. The molecule has 2 N–H and O–H groups in total. The quantitative estimate of drug-likeness (QED) is 0.557. The molecule has 1 aromatic rings. The molecule has 5 heteroatoms. The zero-order valence-electron chi connectivity index (χ0n) is 21.7. The van der Waals surface area contributed by atoms with Crippen molar-refractivity contribution in [2.24, 2.45) is 40.9 Å². The maximum Gasteiger partial charge on any atom is 0.228 e. The Morgan fingerprint density at radius 2 is 1.94 bits per heavy atom. The molecule has 4 aliphatic carbocycles. The van der Waals surface area contributed by atoms with Crippen LogP contribution in [-0.2, 0) is 9.53 Å². The summed E-state index contributed by atoms with van der Waals surface area (Å²) >= 11 is 0. The van der Waals surface area contributed by atoms with Crippen LogP contribution in [-0.4, -0.2) is 29.8 Å². The molecular weight excluding hydrogens is 436 g/mol. The van der Waals surface area contributed by atoms with Crippen LogP contribution >= 0.6 is 0 Å². The lowest BCUT2D eigenvalue weighted by molar-refractivity contribution is -0.135. The van der Waals surface area contributed by atoms with E-state index in [1.807, 2.05) is 26.0 Å². The van der Waals surface area contributed by atoms with Crippen molar-refractivity contribution in [3.05, 3.63) is 29.3 Å². The maximum atomic E-state index is 13.5. The van der Waals surface area contributed by atoms with Crippen molar-refractivity contribution in [2.45, 2.75) is 84.2 Å². The molecule has 4 aliphatic rings. The van der Waals surface area contributed by atoms with E-state index in [2.05, 4.69) is 18.3 Å². The van der Waals surface area contributed by atoms with Crippen molar-refractivity contribution >= 4 is 11.6 Å². The highest BCUT2D eigenvalue weighted by molar-refractivity contribution is 5.94. The maximum absolute atomic E-state index is 13.5. The molecule has 1 amide bonds. The van der Waals surface area contributed by atoms with Crippen molar-refractivity contribution in [1.29, 1.82) is 5.26 Å². The molecule has 0 aliphatic heterocycles. The Balaban J connectivity index is 1.27. The summed E-state index contributed by atoms with van der Waals surface area (Å²) in [6, 6.07) is 7.67. The average molecular weight is 479 g/mol. The Morgan fingerprint density at radius 3 is 2.69 bits per heavy atom. The average Bonchev–Trinajstić information content (AvgIpc) is 3.21. The zero-order valence-corrected chi connectivity index (χ0v) is 21.7. The number of aryl methyl sites for hydroxylation is 1. The number of nitrogens with zero attached hydrogens (tertiary/aromatic N) is 1. The molecule has 5 nitrogen and oxygen atoms in total. The predicted molar refractivity (Wildman–Crippen MR) is 137 cm³/mol. The van der Waals surface area contributed by atoms with E-state index in [0.717, 1.165) is 67.5 Å². The Labute approximate surface area is 210 Å². The zero-order chi connectivity index (χ0) is 24.8. The van der Waals surface area contributed by atoms with Gasteiger partial charge >= 0.3 is 0 Å². The molecular formula is C30H42N2O3. The second-order valence-corrected chi connectivity index (χ2v) is 12.3. The molecule has 4 saturated carbocycles. The van der Waals surface area contributed by atoms with Gasteiger partial charge in [-0.1, -0.05) is 6.92 Å². The summed E-state index contributed by atoms with van der Waals surface area (Å²) in [5.74, 6) is 3.68. The van der Waals surface area contributed by atoms with Gasteiger partial charge in [0.25, 0.3) is 0 Å². The number of nitriles is 1. The lowest BCUT2D eigenvalue weighted by atomic mass is 9.49. The van der Waals surface area contributed by atoms with Gasteiger partial charge in [-0.2, -0.15) is 5.26 Å². The number of aliphatic hydroxyl groups is 1. The third-order valence-electron chi connectivity index (χ3n) is 10.6. The number of hydrogen-bond donors (Lipinski definition) is 2. The van der Waals surface area contributed by atoms with Gasteiger partial charge in [-0.15, -0.1) is 0 Å². The van der Waals surface area contributed by atoms with Crippen molar-refractivity contribution in [2.75, 3.05) is 18.5 Å². The van der Waals surface area contributed by atoms with Crippen LogP contribution in [0.1, 0.15) is 82.8 Å². The van der Waals surface area contributed by atoms with Crippen molar-refractivity contribution in [3.63, 3.8) is 0 Å². The van der Waals surface area contributed by atoms with E-state index >= 15 is 0 Å². The number of carbonyl (C=O) groups is 1. The Hall–Kier alpha value is -1.90. The number of rotatable bonds is 5. The van der Waals surface area contributed by atoms with Gasteiger partial charge in [0.2, 0.25) is 5.91 Å². The number of ether oxygens (including phenoxy) is 1. The Bertz CT molecular complexity index is 1000. The number of nitrogens with one attached hydrogen (secondary N) is 1. The van der Waals surface area contributed by atoms with Gasteiger partial charge in [0.1, 0.15) is 0 Å². The van der Waals surface area contributed by atoms with Gasteiger partial charge in [-0.3, -0.25) is 4.79 Å². The standard InChI is InChI=1S/C30H42N2O3/c1-4-35-18-30(34)14-12-22-21(16-30)6-7-24-23(22)11-13-29(3)25(24)8-9-26(29)28(33)32-27-10-5-20(17-31)15-19(27)2/h5,10,15,21-26,34H,4,6-9,11-14,16,18H2,1-3H3,(H,32,33)/t21-,22+,23-,24-,25+,26-,29+,30-/m1/s1. The first-order chi connectivity index (χ1) is 16.8. The summed E-state index contributed by atoms with van der Waals surface area (Å²) in [5, 5.41) is 23.5. The molecule has 8 atom stereocenters. The minimum absolute atomic E-state index is 0.0591. The molecule has 0 aromatic heterocycles. The Kier molecular flexibility index (Phi) is 6.74. The van der Waals surface area contributed by atoms with Crippen LogP contribution in [0.3, 0.4) is 0 Å². The molecule has 190 valence electrons. The van der Waals surface area contributed by atoms with Crippen LogP contribution in [0.2, 0.25) is 0 Å². The van der Waals surface area contributed by atoms with Gasteiger partial charge in [-0.05, 0) is 130 Å². The van der Waals surface area contributed by atoms with E-state index in [-0.39, 0.29) is 17.2 Å². The monoisotopic (exact) mass is 478 g/mol. The molecule has 4 fully saturated rings. The van der Waals surface area contributed by atoms with E-state index in [1.54, 1.807) is 6.07 Å². The molecule has 0 heterocycles.